The van der Waals surface area contributed by atoms with Crippen molar-refractivity contribution in [2.75, 3.05) is 39.6 Å². The maximum Gasteiger partial charge on any atom is 0.190 e. The molecular weight excluding hydrogens is 314 g/mol. The van der Waals surface area contributed by atoms with E-state index in [0.717, 1.165) is 50.7 Å². The number of ether oxygens (including phenoxy) is 1. The van der Waals surface area contributed by atoms with Gasteiger partial charge in [-0.05, 0) is 37.5 Å². The van der Waals surface area contributed by atoms with Crippen LogP contribution in [0.15, 0.2) is 34.2 Å². The molecule has 7 heteroatoms. The summed E-state index contributed by atoms with van der Waals surface area (Å²) in [6.45, 7) is 5.00. The van der Waals surface area contributed by atoms with E-state index in [1.165, 1.54) is 6.26 Å². The fourth-order valence-corrected chi connectivity index (χ4v) is 2.60. The Kier molecular flexibility index (Phi) is 8.65. The summed E-state index contributed by atoms with van der Waals surface area (Å²) < 4.78 is 28.1. The maximum absolute atomic E-state index is 11.4. The lowest BCUT2D eigenvalue weighted by atomic mass is 10.1. The van der Waals surface area contributed by atoms with Gasteiger partial charge < -0.3 is 15.4 Å². The van der Waals surface area contributed by atoms with E-state index in [1.54, 1.807) is 19.2 Å². The maximum atomic E-state index is 11.4. The highest BCUT2D eigenvalue weighted by Gasteiger charge is 2.06. The minimum Gasteiger partial charge on any atom is -0.382 e. The number of sulfone groups is 1. The lowest BCUT2D eigenvalue weighted by Crippen LogP contribution is -2.39. The second-order valence-electron chi connectivity index (χ2n) is 5.14. The van der Waals surface area contributed by atoms with Crippen LogP contribution < -0.4 is 10.6 Å². The number of guanidine groups is 1. The minimum atomic E-state index is -3.13. The first-order valence-electron chi connectivity index (χ1n) is 7.78. The molecule has 0 saturated heterocycles. The Balaban J connectivity index is 2.31. The fourth-order valence-electron chi connectivity index (χ4n) is 1.97. The van der Waals surface area contributed by atoms with Crippen molar-refractivity contribution in [2.24, 2.45) is 4.99 Å². The van der Waals surface area contributed by atoms with E-state index < -0.39 is 9.84 Å². The van der Waals surface area contributed by atoms with Crippen LogP contribution in [-0.2, 0) is 21.0 Å². The van der Waals surface area contributed by atoms with Gasteiger partial charge >= 0.3 is 0 Å². The molecule has 0 aliphatic carbocycles. The van der Waals surface area contributed by atoms with Gasteiger partial charge in [0, 0.05) is 39.6 Å². The van der Waals surface area contributed by atoms with E-state index in [9.17, 15) is 8.42 Å². The lowest BCUT2D eigenvalue weighted by molar-refractivity contribution is 0.145. The van der Waals surface area contributed by atoms with Crippen LogP contribution in [0.25, 0.3) is 0 Å². The molecule has 0 aliphatic rings. The van der Waals surface area contributed by atoms with Crippen molar-refractivity contribution < 1.29 is 13.2 Å². The van der Waals surface area contributed by atoms with Crippen molar-refractivity contribution in [3.63, 3.8) is 0 Å². The zero-order valence-electron chi connectivity index (χ0n) is 14.1. The molecule has 0 fully saturated rings. The van der Waals surface area contributed by atoms with Crippen molar-refractivity contribution >= 4 is 15.8 Å². The van der Waals surface area contributed by atoms with E-state index in [1.807, 2.05) is 19.1 Å². The molecule has 0 radical (unpaired) electrons. The topological polar surface area (TPSA) is 79.8 Å². The van der Waals surface area contributed by atoms with Crippen molar-refractivity contribution in [2.45, 2.75) is 24.7 Å². The van der Waals surface area contributed by atoms with Crippen LogP contribution in [0.2, 0.25) is 0 Å². The molecule has 23 heavy (non-hydrogen) atoms. The van der Waals surface area contributed by atoms with Gasteiger partial charge in [-0.3, -0.25) is 4.99 Å². The first kappa shape index (κ1) is 19.4. The predicted octanol–water partition coefficient (Wildman–Crippen LogP) is 1.22. The molecule has 2 N–H and O–H groups in total. The summed E-state index contributed by atoms with van der Waals surface area (Å²) in [5.74, 6) is 0.759. The molecule has 130 valence electrons. The quantitative estimate of drug-likeness (QED) is 0.401. The first-order chi connectivity index (χ1) is 11.0. The van der Waals surface area contributed by atoms with Gasteiger partial charge in [-0.2, -0.15) is 0 Å². The molecule has 0 atom stereocenters. The monoisotopic (exact) mass is 341 g/mol. The van der Waals surface area contributed by atoms with E-state index in [-0.39, 0.29) is 0 Å². The molecule has 0 bridgehead atoms. The highest BCUT2D eigenvalue weighted by Crippen LogP contribution is 2.10. The molecule has 0 saturated carbocycles. The molecule has 0 heterocycles. The van der Waals surface area contributed by atoms with Crippen molar-refractivity contribution in [3.8, 4) is 0 Å². The number of hydrogen-bond acceptors (Lipinski definition) is 4. The standard InChI is InChI=1S/C16H27N3O3S/c1-4-22-13-5-11-18-16(17-2)19-12-10-14-6-8-15(9-7-14)23(3,20)21/h6-9H,4-5,10-13H2,1-3H3,(H2,17,18,19). The average Bonchev–Trinajstić information content (AvgIpc) is 2.52. The number of nitrogens with zero attached hydrogens (tertiary/aromatic N) is 1. The summed E-state index contributed by atoms with van der Waals surface area (Å²) in [6, 6.07) is 6.98. The number of benzene rings is 1. The second-order valence-corrected chi connectivity index (χ2v) is 7.16. The van der Waals surface area contributed by atoms with Crippen LogP contribution in [0.1, 0.15) is 18.9 Å². The Morgan fingerprint density at radius 3 is 2.39 bits per heavy atom. The second kappa shape index (κ2) is 10.2. The summed E-state index contributed by atoms with van der Waals surface area (Å²) in [4.78, 5) is 4.51. The van der Waals surface area contributed by atoms with Gasteiger partial charge in [0.25, 0.3) is 0 Å². The Bertz CT molecular complexity index is 583. The molecule has 1 rings (SSSR count). The van der Waals surface area contributed by atoms with Crippen molar-refractivity contribution in [1.29, 1.82) is 0 Å². The summed E-state index contributed by atoms with van der Waals surface area (Å²) >= 11 is 0. The SMILES string of the molecule is CCOCCCNC(=NC)NCCc1ccc(S(C)(=O)=O)cc1. The minimum absolute atomic E-state index is 0.348. The molecule has 0 aliphatic heterocycles. The summed E-state index contributed by atoms with van der Waals surface area (Å²) in [6.07, 6.45) is 2.94. The molecule has 0 amide bonds. The Hall–Kier alpha value is -1.60. The largest absolute Gasteiger partial charge is 0.382 e. The zero-order chi connectivity index (χ0) is 17.1. The molecular formula is C16H27N3O3S. The van der Waals surface area contributed by atoms with Gasteiger partial charge in [-0.25, -0.2) is 8.42 Å². The van der Waals surface area contributed by atoms with E-state index in [4.69, 9.17) is 4.74 Å². The molecule has 0 unspecified atom stereocenters. The Morgan fingerprint density at radius 2 is 1.83 bits per heavy atom. The lowest BCUT2D eigenvalue weighted by Gasteiger charge is -2.12. The number of rotatable bonds is 9. The summed E-state index contributed by atoms with van der Waals surface area (Å²) in [5, 5.41) is 6.46. The Labute approximate surface area is 139 Å². The first-order valence-corrected chi connectivity index (χ1v) is 9.67. The van der Waals surface area contributed by atoms with Crippen molar-refractivity contribution in [1.82, 2.24) is 10.6 Å². The third kappa shape index (κ3) is 7.99. The highest BCUT2D eigenvalue weighted by atomic mass is 32.2. The fraction of sp³-hybridized carbons (Fsp3) is 0.562. The van der Waals surface area contributed by atoms with Gasteiger partial charge in [-0.1, -0.05) is 12.1 Å². The zero-order valence-corrected chi connectivity index (χ0v) is 14.9. The van der Waals surface area contributed by atoms with Crippen LogP contribution in [0, 0.1) is 0 Å². The van der Waals surface area contributed by atoms with Gasteiger partial charge in [-0.15, -0.1) is 0 Å². The van der Waals surface area contributed by atoms with Crippen LogP contribution >= 0.6 is 0 Å². The van der Waals surface area contributed by atoms with E-state index >= 15 is 0 Å². The number of aliphatic imine (C=N–C) groups is 1. The predicted molar refractivity (Wildman–Crippen MR) is 93.7 cm³/mol. The molecule has 1 aromatic carbocycles. The van der Waals surface area contributed by atoms with E-state index in [2.05, 4.69) is 15.6 Å². The average molecular weight is 341 g/mol. The van der Waals surface area contributed by atoms with E-state index in [0.29, 0.717) is 4.90 Å². The summed E-state index contributed by atoms with van der Waals surface area (Å²) in [7, 11) is -1.39. The van der Waals surface area contributed by atoms with Gasteiger partial charge in [0.1, 0.15) is 0 Å². The summed E-state index contributed by atoms with van der Waals surface area (Å²) in [5.41, 5.74) is 1.08. The molecule has 1 aromatic rings. The highest BCUT2D eigenvalue weighted by molar-refractivity contribution is 7.90. The molecule has 0 spiro atoms. The smallest absolute Gasteiger partial charge is 0.190 e. The number of hydrogen-bond donors (Lipinski definition) is 2. The van der Waals surface area contributed by atoms with Crippen molar-refractivity contribution in [3.05, 3.63) is 29.8 Å². The van der Waals surface area contributed by atoms with Crippen LogP contribution in [-0.4, -0.2) is 54.0 Å². The molecule has 6 nitrogen and oxygen atoms in total. The van der Waals surface area contributed by atoms with Crippen LogP contribution in [0.4, 0.5) is 0 Å². The van der Waals surface area contributed by atoms with Gasteiger partial charge in [0.15, 0.2) is 15.8 Å². The van der Waals surface area contributed by atoms with Crippen LogP contribution in [0.5, 0.6) is 0 Å². The van der Waals surface area contributed by atoms with Gasteiger partial charge in [0.2, 0.25) is 0 Å². The van der Waals surface area contributed by atoms with Crippen LogP contribution in [0.3, 0.4) is 0 Å². The normalized spacial score (nSPS) is 12.2. The Morgan fingerprint density at radius 1 is 1.17 bits per heavy atom. The van der Waals surface area contributed by atoms with Gasteiger partial charge in [0.05, 0.1) is 4.90 Å². The third-order valence-electron chi connectivity index (χ3n) is 3.24. The third-order valence-corrected chi connectivity index (χ3v) is 4.37. The molecule has 0 aromatic heterocycles. The number of nitrogens with one attached hydrogen (secondary N) is 2.